The molecule has 3 aromatic carbocycles. The number of aryl methyl sites for hydroxylation is 1. The van der Waals surface area contributed by atoms with E-state index in [9.17, 15) is 23.7 Å². The highest BCUT2D eigenvalue weighted by atomic mass is 35.5. The number of piperidine rings is 3. The fourth-order valence-corrected chi connectivity index (χ4v) is 13.0. The average Bonchev–Trinajstić information content (AvgIpc) is 4.00. The summed E-state index contributed by atoms with van der Waals surface area (Å²) in [6.45, 7) is 10.1. The molecule has 3 N–H and O–H groups in total. The molecule has 20 nitrogen and oxygen atoms in total. The van der Waals surface area contributed by atoms with Crippen LogP contribution in [0.25, 0.3) is 22.2 Å². The summed E-state index contributed by atoms with van der Waals surface area (Å²) in [4.78, 5) is 79.2. The van der Waals surface area contributed by atoms with E-state index in [0.717, 1.165) is 86.1 Å². The van der Waals surface area contributed by atoms with E-state index in [2.05, 4.69) is 55.6 Å². The summed E-state index contributed by atoms with van der Waals surface area (Å²) in [5.74, 6) is -0.529. The number of ether oxygens (including phenoxy) is 1. The number of halogens is 2. The molecule has 6 aromatic rings. The first-order valence-corrected chi connectivity index (χ1v) is 28.6. The second-order valence-corrected chi connectivity index (χ2v) is 24.2. The lowest BCUT2D eigenvalue weighted by molar-refractivity contribution is -0.136. The molecule has 23 heteroatoms. The van der Waals surface area contributed by atoms with Crippen molar-refractivity contribution in [1.29, 1.82) is 0 Å². The van der Waals surface area contributed by atoms with Gasteiger partial charge < -0.3 is 34.6 Å². The van der Waals surface area contributed by atoms with Crippen LogP contribution in [0.4, 0.5) is 38.9 Å². The Morgan fingerprint density at radius 1 is 0.829 bits per heavy atom. The normalized spacial score (nSPS) is 21.1. The van der Waals surface area contributed by atoms with Gasteiger partial charge in [0.25, 0.3) is 11.8 Å². The first-order valence-electron chi connectivity index (χ1n) is 25.6. The number of fused-ring (bicyclic) bond motifs is 2. The van der Waals surface area contributed by atoms with Crippen molar-refractivity contribution in [3.63, 3.8) is 0 Å². The van der Waals surface area contributed by atoms with Gasteiger partial charge in [-0.2, -0.15) is 10.1 Å². The molecule has 396 valence electrons. The van der Waals surface area contributed by atoms with Gasteiger partial charge in [-0.3, -0.25) is 48.9 Å². The maximum atomic E-state index is 16.7. The molecule has 5 aliphatic heterocycles. The van der Waals surface area contributed by atoms with Crippen molar-refractivity contribution in [1.82, 2.24) is 49.7 Å². The standard InChI is InChI=1S/C53H59ClFN14O6P/c1-64-29-32(26-59-64)35-24-41(61-53-58-27-37(54)49(63-53)60-40-8-7-39-47(57-15-14-56-39)48(40)76(3,4)74)45(75-2)25-44(35)68-18-13-42(38(55)30-68)67-21-19-65(20-22-67)28-31-11-16-66(17-12-31)33-5-6-34-36(23-33)52(73)69(51(34)72)43-9-10-46(70)62-50(43)71/h5-8,14-15,23-27,29,31,38,42-43H,9-13,16-22,28,30H2,1-4H3,(H,62,70,71)(H2,58,60,61,63)/t38-,42-,43?/m0/s1. The highest BCUT2D eigenvalue weighted by Gasteiger charge is 2.45. The molecule has 0 spiro atoms. The number of methoxy groups -OCH3 is 1. The number of hydrogen-bond donors (Lipinski definition) is 3. The van der Waals surface area contributed by atoms with E-state index in [1.807, 2.05) is 31.4 Å². The fourth-order valence-electron chi connectivity index (χ4n) is 11.5. The topological polar surface area (TPSA) is 216 Å². The Labute approximate surface area is 443 Å². The van der Waals surface area contributed by atoms with Crippen molar-refractivity contribution in [3.05, 3.63) is 89.6 Å². The Morgan fingerprint density at radius 3 is 2.32 bits per heavy atom. The average molecular weight is 1070 g/mol. The monoisotopic (exact) mass is 1070 g/mol. The van der Waals surface area contributed by atoms with Crippen LogP contribution in [0.3, 0.4) is 0 Å². The van der Waals surface area contributed by atoms with Gasteiger partial charge in [-0.1, -0.05) is 11.6 Å². The number of hydrogen-bond acceptors (Lipinski definition) is 17. The van der Waals surface area contributed by atoms with E-state index >= 15 is 4.39 Å². The van der Waals surface area contributed by atoms with Gasteiger partial charge in [0.15, 0.2) is 5.82 Å². The van der Waals surface area contributed by atoms with Crippen LogP contribution in [0.1, 0.15) is 52.8 Å². The van der Waals surface area contributed by atoms with Gasteiger partial charge >= 0.3 is 0 Å². The minimum Gasteiger partial charge on any atom is -0.494 e. The number of aromatic nitrogens is 6. The van der Waals surface area contributed by atoms with E-state index in [-0.39, 0.29) is 47.8 Å². The fraction of sp³-hybridized carbons (Fsp3) is 0.415. The maximum absolute atomic E-state index is 16.7. The van der Waals surface area contributed by atoms with Gasteiger partial charge in [0, 0.05) is 119 Å². The van der Waals surface area contributed by atoms with Crippen LogP contribution in [0.2, 0.25) is 5.02 Å². The van der Waals surface area contributed by atoms with Gasteiger partial charge in [-0.15, -0.1) is 0 Å². The van der Waals surface area contributed by atoms with Crippen LogP contribution in [0.15, 0.2) is 73.4 Å². The molecular formula is C53H59ClFN14O6P. The zero-order valence-electron chi connectivity index (χ0n) is 42.7. The highest BCUT2D eigenvalue weighted by Crippen LogP contribution is 2.44. The van der Waals surface area contributed by atoms with Gasteiger partial charge in [-0.05, 0) is 81.3 Å². The first-order chi connectivity index (χ1) is 36.6. The number of benzene rings is 3. The van der Waals surface area contributed by atoms with Crippen LogP contribution in [0, 0.1) is 5.92 Å². The van der Waals surface area contributed by atoms with Crippen LogP contribution in [-0.4, -0.2) is 166 Å². The van der Waals surface area contributed by atoms with Crippen LogP contribution in [-0.2, 0) is 21.2 Å². The summed E-state index contributed by atoms with van der Waals surface area (Å²) in [6.07, 6.45) is 10.0. The molecule has 8 heterocycles. The maximum Gasteiger partial charge on any atom is 0.262 e. The number of carbonyl (C=O) groups excluding carboxylic acids is 4. The molecule has 3 atom stereocenters. The SMILES string of the molecule is COc1cc(N2CC[C@H](N3CCN(CC4CCN(c5ccc6c(c5)C(=O)N(C5CCC(=O)NC5=O)C6=O)CC4)CC3)[C@@H](F)C2)c(-c2cnn(C)c2)cc1Nc1ncc(Cl)c(Nc2ccc3nccnc3c2P(C)(C)=O)n1. The molecule has 0 radical (unpaired) electrons. The summed E-state index contributed by atoms with van der Waals surface area (Å²) in [7, 11) is 0.571. The van der Waals surface area contributed by atoms with E-state index in [1.165, 1.54) is 6.20 Å². The third-order valence-corrected chi connectivity index (χ3v) is 17.2. The van der Waals surface area contributed by atoms with Crippen LogP contribution < -0.4 is 35.8 Å². The van der Waals surface area contributed by atoms with E-state index in [1.54, 1.807) is 68.0 Å². The van der Waals surface area contributed by atoms with Gasteiger partial charge in [-0.25, -0.2) is 9.37 Å². The number of carbonyl (C=O) groups is 4. The van der Waals surface area contributed by atoms with Crippen molar-refractivity contribution < 1.29 is 32.9 Å². The Hall–Kier alpha value is -7.06. The Bertz CT molecular complexity index is 3320. The first kappa shape index (κ1) is 51.1. The molecular weight excluding hydrogens is 1010 g/mol. The summed E-state index contributed by atoms with van der Waals surface area (Å²) in [5.41, 5.74) is 6.19. The van der Waals surface area contributed by atoms with Gasteiger partial charge in [0.1, 0.15) is 35.6 Å². The second-order valence-electron chi connectivity index (χ2n) is 20.6. The predicted molar refractivity (Wildman–Crippen MR) is 289 cm³/mol. The minimum absolute atomic E-state index is 0.0756. The van der Waals surface area contributed by atoms with Gasteiger partial charge in [0.2, 0.25) is 17.8 Å². The van der Waals surface area contributed by atoms with Crippen molar-refractivity contribution in [3.8, 4) is 16.9 Å². The van der Waals surface area contributed by atoms with E-state index in [4.69, 9.17) is 21.3 Å². The summed E-state index contributed by atoms with van der Waals surface area (Å²) < 4.78 is 38.0. The van der Waals surface area contributed by atoms with E-state index < -0.39 is 43.0 Å². The third kappa shape index (κ3) is 10.1. The van der Waals surface area contributed by atoms with E-state index in [0.29, 0.717) is 57.9 Å². The van der Waals surface area contributed by atoms with Crippen molar-refractivity contribution in [2.75, 3.05) is 99.8 Å². The second kappa shape index (κ2) is 20.8. The highest BCUT2D eigenvalue weighted by molar-refractivity contribution is 7.71. The quantitative estimate of drug-likeness (QED) is 0.0884. The molecule has 1 unspecified atom stereocenters. The van der Waals surface area contributed by atoms with Crippen molar-refractivity contribution >= 4 is 93.2 Å². The number of rotatable bonds is 13. The lowest BCUT2D eigenvalue weighted by Crippen LogP contribution is -2.58. The number of nitrogens with one attached hydrogen (secondary N) is 3. The molecule has 4 amide bonds. The molecule has 0 saturated carbocycles. The lowest BCUT2D eigenvalue weighted by atomic mass is 9.94. The van der Waals surface area contributed by atoms with Crippen LogP contribution in [0.5, 0.6) is 5.75 Å². The number of anilines is 6. The molecule has 3 aromatic heterocycles. The number of amides is 4. The molecule has 11 rings (SSSR count). The molecule has 5 aliphatic rings. The van der Waals surface area contributed by atoms with Gasteiger partial charge in [0.05, 0.1) is 59.4 Å². The zero-order valence-corrected chi connectivity index (χ0v) is 44.4. The smallest absolute Gasteiger partial charge is 0.262 e. The lowest BCUT2D eigenvalue weighted by Gasteiger charge is -2.45. The largest absolute Gasteiger partial charge is 0.494 e. The molecule has 0 aliphatic carbocycles. The summed E-state index contributed by atoms with van der Waals surface area (Å²) in [6, 6.07) is 11.6. The molecule has 4 fully saturated rings. The Kier molecular flexibility index (Phi) is 14.0. The molecule has 4 saturated heterocycles. The number of imide groups is 2. The zero-order chi connectivity index (χ0) is 53.0. The third-order valence-electron chi connectivity index (χ3n) is 15.4. The van der Waals surface area contributed by atoms with Crippen molar-refractivity contribution in [2.45, 2.75) is 50.4 Å². The Morgan fingerprint density at radius 2 is 1.59 bits per heavy atom. The number of piperazine rings is 1. The molecule has 76 heavy (non-hydrogen) atoms. The van der Waals surface area contributed by atoms with Crippen molar-refractivity contribution in [2.24, 2.45) is 13.0 Å². The summed E-state index contributed by atoms with van der Waals surface area (Å²) in [5, 5.41) is 14.1. The number of nitrogens with zero attached hydrogens (tertiary/aromatic N) is 11. The van der Waals surface area contributed by atoms with Crippen LogP contribution >= 0.6 is 18.7 Å². The Balaban J connectivity index is 0.711. The minimum atomic E-state index is -2.87. The number of alkyl halides is 1. The predicted octanol–water partition coefficient (Wildman–Crippen LogP) is 6.07. The summed E-state index contributed by atoms with van der Waals surface area (Å²) >= 11 is 6.67. The molecule has 0 bridgehead atoms.